The maximum Gasteiger partial charge on any atom is 1.00 e. The number of carbonyl (C=O) groups excluding carboxylic acids is 1. The van der Waals surface area contributed by atoms with Crippen molar-refractivity contribution in [2.24, 2.45) is 0 Å². The van der Waals surface area contributed by atoms with E-state index < -0.39 is 5.97 Å². The van der Waals surface area contributed by atoms with Crippen LogP contribution in [-0.2, 0) is 4.79 Å². The minimum Gasteiger partial charge on any atom is -0.550 e. The number of carboxylic acids is 1. The van der Waals surface area contributed by atoms with E-state index in [2.05, 4.69) is 0 Å². The smallest absolute Gasteiger partial charge is 0.550 e. The minimum absolute atomic E-state index is 0. The Balaban J connectivity index is -0.0000000480. The van der Waals surface area contributed by atoms with Crippen LogP contribution in [0.5, 0.6) is 0 Å². The molecule has 0 amide bonds. The van der Waals surface area contributed by atoms with Crippen molar-refractivity contribution in [1.29, 1.82) is 0 Å². The Bertz CT molecular complexity index is 32.7. The summed E-state index contributed by atoms with van der Waals surface area (Å²) < 4.78 is 0. The number of hydrogen-bond acceptors (Lipinski definition) is 4. The van der Waals surface area contributed by atoms with Gasteiger partial charge < -0.3 is 9.90 Å². The zero-order valence-electron chi connectivity index (χ0n) is 4.21. The minimum atomic E-state index is -1.08. The number of aliphatic carboxylic acids is 1. The molecule has 0 atom stereocenters. The summed E-state index contributed by atoms with van der Waals surface area (Å²) in [6, 6.07) is 0. The van der Waals surface area contributed by atoms with E-state index >= 15 is 0 Å². The van der Waals surface area contributed by atoms with Crippen LogP contribution in [0.4, 0.5) is 0 Å². The van der Waals surface area contributed by atoms with Gasteiger partial charge in [0.2, 0.25) is 0 Å². The summed E-state index contributed by atoms with van der Waals surface area (Å²) in [5.74, 6) is -1.08. The van der Waals surface area contributed by atoms with Crippen molar-refractivity contribution < 1.29 is 71.8 Å². The van der Waals surface area contributed by atoms with Crippen molar-refractivity contribution >= 4 is 5.97 Å². The molecule has 0 spiro atoms. The standard InChI is InChI=1S/C2H4O2.K.H2O2/c1-2(3)4;;1-2/h1H3,(H,3,4);;1-2H/q;+1;/p-1. The fourth-order valence-electron chi connectivity index (χ4n) is 0. The number of hydrogen-bond donors (Lipinski definition) is 2. The summed E-state index contributed by atoms with van der Waals surface area (Å²) in [6.07, 6.45) is 0. The van der Waals surface area contributed by atoms with E-state index in [-0.39, 0.29) is 51.4 Å². The Morgan fingerprint density at radius 1 is 1.57 bits per heavy atom. The van der Waals surface area contributed by atoms with Gasteiger partial charge in [-0.3, -0.25) is 10.5 Å². The molecule has 0 aromatic heterocycles. The van der Waals surface area contributed by atoms with Crippen LogP contribution in [0.3, 0.4) is 0 Å². The molecule has 38 valence electrons. The molecule has 0 aromatic carbocycles. The molecule has 0 saturated heterocycles. The monoisotopic (exact) mass is 132 g/mol. The molecular formula is C2H5KO4. The van der Waals surface area contributed by atoms with Crippen molar-refractivity contribution in [2.45, 2.75) is 6.92 Å². The Kier molecular flexibility index (Phi) is 35.3. The van der Waals surface area contributed by atoms with E-state index in [1.165, 1.54) is 0 Å². The van der Waals surface area contributed by atoms with Gasteiger partial charge in [0, 0.05) is 5.97 Å². The van der Waals surface area contributed by atoms with Gasteiger partial charge in [0.1, 0.15) is 0 Å². The molecule has 0 radical (unpaired) electrons. The van der Waals surface area contributed by atoms with E-state index in [4.69, 9.17) is 20.4 Å². The third-order valence-corrected chi connectivity index (χ3v) is 0. The zero-order chi connectivity index (χ0) is 5.58. The molecule has 0 bridgehead atoms. The van der Waals surface area contributed by atoms with Crippen molar-refractivity contribution in [3.8, 4) is 0 Å². The fourth-order valence-corrected chi connectivity index (χ4v) is 0. The predicted octanol–water partition coefficient (Wildman–Crippen LogP) is -4.22. The molecule has 2 N–H and O–H groups in total. The molecule has 0 aromatic rings. The Morgan fingerprint density at radius 3 is 1.57 bits per heavy atom. The molecule has 0 aliphatic heterocycles. The van der Waals surface area contributed by atoms with Crippen LogP contribution in [0.25, 0.3) is 0 Å². The van der Waals surface area contributed by atoms with Gasteiger partial charge in [0.15, 0.2) is 0 Å². The molecule has 0 heterocycles. The van der Waals surface area contributed by atoms with Gasteiger partial charge >= 0.3 is 51.4 Å². The molecule has 0 saturated carbocycles. The molecule has 7 heavy (non-hydrogen) atoms. The molecule has 0 fully saturated rings. The van der Waals surface area contributed by atoms with Crippen molar-refractivity contribution in [3.63, 3.8) is 0 Å². The van der Waals surface area contributed by atoms with E-state index in [1.807, 2.05) is 0 Å². The van der Waals surface area contributed by atoms with Crippen molar-refractivity contribution in [2.75, 3.05) is 0 Å². The SMILES string of the molecule is CC(=O)[O-].OO.[K+]. The van der Waals surface area contributed by atoms with Crippen molar-refractivity contribution in [3.05, 3.63) is 0 Å². The largest absolute Gasteiger partial charge is 1.00 e. The Morgan fingerprint density at radius 2 is 1.57 bits per heavy atom. The average Bonchev–Trinajstić information content (AvgIpc) is 1.41. The fraction of sp³-hybridized carbons (Fsp3) is 0.500. The molecule has 4 nitrogen and oxygen atoms in total. The number of carbonyl (C=O) groups is 1. The Labute approximate surface area is 83.5 Å². The van der Waals surface area contributed by atoms with E-state index in [1.54, 1.807) is 0 Å². The topological polar surface area (TPSA) is 80.6 Å². The maximum absolute atomic E-state index is 8.89. The molecule has 0 rings (SSSR count). The van der Waals surface area contributed by atoms with Crippen LogP contribution in [0.1, 0.15) is 6.92 Å². The second-order valence-corrected chi connectivity index (χ2v) is 0.492. The van der Waals surface area contributed by atoms with E-state index in [9.17, 15) is 0 Å². The summed E-state index contributed by atoms with van der Waals surface area (Å²) in [5, 5.41) is 20.9. The molecule has 5 heteroatoms. The average molecular weight is 132 g/mol. The van der Waals surface area contributed by atoms with Gasteiger partial charge in [-0.05, 0) is 6.92 Å². The Hall–Kier alpha value is 1.03. The summed E-state index contributed by atoms with van der Waals surface area (Å²) in [6.45, 7) is 0.972. The molecule has 0 aliphatic rings. The van der Waals surface area contributed by atoms with Crippen LogP contribution >= 0.6 is 0 Å². The van der Waals surface area contributed by atoms with Gasteiger partial charge in [-0.2, -0.15) is 0 Å². The summed E-state index contributed by atoms with van der Waals surface area (Å²) in [5.41, 5.74) is 0. The number of rotatable bonds is 0. The van der Waals surface area contributed by atoms with Crippen molar-refractivity contribution in [1.82, 2.24) is 0 Å². The summed E-state index contributed by atoms with van der Waals surface area (Å²) in [4.78, 5) is 8.89. The van der Waals surface area contributed by atoms with Gasteiger partial charge in [0.25, 0.3) is 0 Å². The quantitative estimate of drug-likeness (QED) is 0.199. The third kappa shape index (κ3) is 169. The first kappa shape index (κ1) is 15.7. The summed E-state index contributed by atoms with van der Waals surface area (Å²) in [7, 11) is 0. The molecule has 0 aliphatic carbocycles. The van der Waals surface area contributed by atoms with Gasteiger partial charge in [-0.25, -0.2) is 0 Å². The van der Waals surface area contributed by atoms with Gasteiger partial charge in [0.05, 0.1) is 0 Å². The molecule has 0 unspecified atom stereocenters. The predicted molar refractivity (Wildman–Crippen MR) is 15.9 cm³/mol. The van der Waals surface area contributed by atoms with Gasteiger partial charge in [-0.15, -0.1) is 0 Å². The maximum atomic E-state index is 8.89. The first-order valence-electron chi connectivity index (χ1n) is 1.11. The van der Waals surface area contributed by atoms with Crippen LogP contribution in [0, 0.1) is 0 Å². The van der Waals surface area contributed by atoms with E-state index in [0.29, 0.717) is 0 Å². The number of carboxylic acid groups (broad SMARTS) is 1. The zero-order valence-corrected chi connectivity index (χ0v) is 7.33. The third-order valence-electron chi connectivity index (χ3n) is 0. The van der Waals surface area contributed by atoms with Gasteiger partial charge in [-0.1, -0.05) is 0 Å². The van der Waals surface area contributed by atoms with Crippen LogP contribution in [0.2, 0.25) is 0 Å². The van der Waals surface area contributed by atoms with Crippen LogP contribution < -0.4 is 56.5 Å². The summed E-state index contributed by atoms with van der Waals surface area (Å²) >= 11 is 0. The van der Waals surface area contributed by atoms with E-state index in [0.717, 1.165) is 6.92 Å². The second-order valence-electron chi connectivity index (χ2n) is 0.492. The second kappa shape index (κ2) is 15.7. The van der Waals surface area contributed by atoms with Crippen LogP contribution in [0.15, 0.2) is 0 Å². The first-order valence-corrected chi connectivity index (χ1v) is 1.11. The normalized spacial score (nSPS) is 4.43. The van der Waals surface area contributed by atoms with Crippen LogP contribution in [-0.4, -0.2) is 16.5 Å². The first-order chi connectivity index (χ1) is 2.73. The molecular weight excluding hydrogens is 127 g/mol.